The molecule has 0 aliphatic heterocycles. The molecule has 0 spiro atoms. The van der Waals surface area contributed by atoms with Gasteiger partial charge in [-0.1, -0.05) is 0 Å². The van der Waals surface area contributed by atoms with Crippen molar-refractivity contribution in [1.29, 1.82) is 0 Å². The lowest BCUT2D eigenvalue weighted by atomic mass is 10.3. The Labute approximate surface area is 101 Å². The normalized spacial score (nSPS) is 12.2. The Kier molecular flexibility index (Phi) is 3.42. The zero-order valence-corrected chi connectivity index (χ0v) is 9.33. The van der Waals surface area contributed by atoms with Crippen molar-refractivity contribution >= 4 is 16.8 Å². The molecule has 0 saturated heterocycles. The first kappa shape index (κ1) is 12.7. The molecule has 0 fully saturated rings. The SMILES string of the molecule is Nc1ccc2nc(CCOCC(F)(F)F)oc2c1. The van der Waals surface area contributed by atoms with Gasteiger partial charge >= 0.3 is 6.18 Å². The van der Waals surface area contributed by atoms with Crippen molar-refractivity contribution in [2.45, 2.75) is 12.6 Å². The number of benzene rings is 1. The fraction of sp³-hybridized carbons (Fsp3) is 0.364. The van der Waals surface area contributed by atoms with E-state index in [1.54, 1.807) is 18.2 Å². The molecule has 1 aromatic carbocycles. The fourth-order valence-corrected chi connectivity index (χ4v) is 1.44. The summed E-state index contributed by atoms with van der Waals surface area (Å²) in [5, 5.41) is 0. The molecule has 0 unspecified atom stereocenters. The maximum Gasteiger partial charge on any atom is 0.411 e. The quantitative estimate of drug-likeness (QED) is 0.677. The zero-order valence-electron chi connectivity index (χ0n) is 9.33. The van der Waals surface area contributed by atoms with Crippen LogP contribution in [0.3, 0.4) is 0 Å². The van der Waals surface area contributed by atoms with Crippen LogP contribution in [0.4, 0.5) is 18.9 Å². The number of ether oxygens (including phenoxy) is 1. The van der Waals surface area contributed by atoms with Crippen molar-refractivity contribution in [1.82, 2.24) is 4.98 Å². The standard InChI is InChI=1S/C11H11F3N2O2/c12-11(13,14)6-17-4-3-10-16-8-2-1-7(15)5-9(8)18-10/h1-2,5H,3-4,6,15H2. The summed E-state index contributed by atoms with van der Waals surface area (Å²) in [6.07, 6.45) is -4.12. The van der Waals surface area contributed by atoms with E-state index in [0.29, 0.717) is 22.7 Å². The Morgan fingerprint density at radius 1 is 1.33 bits per heavy atom. The number of anilines is 1. The lowest BCUT2D eigenvalue weighted by Crippen LogP contribution is -2.17. The maximum atomic E-state index is 11.8. The molecule has 0 radical (unpaired) electrons. The number of nitrogens with two attached hydrogens (primary N) is 1. The van der Waals surface area contributed by atoms with Crippen LogP contribution in [-0.2, 0) is 11.2 Å². The van der Waals surface area contributed by atoms with E-state index in [2.05, 4.69) is 9.72 Å². The Bertz CT molecular complexity index is 537. The predicted octanol–water partition coefficient (Wildman–Crippen LogP) is 2.53. The average Bonchev–Trinajstić information content (AvgIpc) is 2.65. The number of nitrogen functional groups attached to an aromatic ring is 1. The molecule has 2 rings (SSSR count). The molecule has 2 aromatic rings. The smallest absolute Gasteiger partial charge is 0.411 e. The Hall–Kier alpha value is -1.76. The van der Waals surface area contributed by atoms with Crippen molar-refractivity contribution in [3.63, 3.8) is 0 Å². The van der Waals surface area contributed by atoms with Crippen LogP contribution in [0, 0.1) is 0 Å². The van der Waals surface area contributed by atoms with Gasteiger partial charge in [-0.3, -0.25) is 0 Å². The number of hydrogen-bond donors (Lipinski definition) is 1. The molecule has 0 atom stereocenters. The molecular weight excluding hydrogens is 249 g/mol. The Balaban J connectivity index is 1.92. The first-order valence-corrected chi connectivity index (χ1v) is 5.23. The number of fused-ring (bicyclic) bond motifs is 1. The zero-order chi connectivity index (χ0) is 13.2. The van der Waals surface area contributed by atoms with E-state index in [1.165, 1.54) is 0 Å². The van der Waals surface area contributed by atoms with Crippen LogP contribution >= 0.6 is 0 Å². The minimum absolute atomic E-state index is 0.0954. The summed E-state index contributed by atoms with van der Waals surface area (Å²) < 4.78 is 45.2. The van der Waals surface area contributed by atoms with Gasteiger partial charge in [0.05, 0.1) is 6.61 Å². The monoisotopic (exact) mass is 260 g/mol. The molecule has 1 aromatic heterocycles. The molecule has 1 heterocycles. The summed E-state index contributed by atoms with van der Waals surface area (Å²) in [7, 11) is 0. The second-order valence-electron chi connectivity index (χ2n) is 3.75. The third-order valence-electron chi connectivity index (χ3n) is 2.18. The molecule has 0 aliphatic rings. The first-order valence-electron chi connectivity index (χ1n) is 5.23. The van der Waals surface area contributed by atoms with E-state index < -0.39 is 12.8 Å². The number of oxazole rings is 1. The second kappa shape index (κ2) is 4.85. The van der Waals surface area contributed by atoms with Gasteiger partial charge < -0.3 is 14.9 Å². The summed E-state index contributed by atoms with van der Waals surface area (Å²) in [6.45, 7) is -1.36. The molecule has 7 heteroatoms. The van der Waals surface area contributed by atoms with Gasteiger partial charge in [0.1, 0.15) is 12.1 Å². The highest BCUT2D eigenvalue weighted by Crippen LogP contribution is 2.19. The van der Waals surface area contributed by atoms with Gasteiger partial charge in [0, 0.05) is 18.2 Å². The number of halogens is 3. The summed E-state index contributed by atoms with van der Waals surface area (Å²) in [5.74, 6) is 0.331. The van der Waals surface area contributed by atoms with Gasteiger partial charge in [-0.05, 0) is 12.1 Å². The largest absolute Gasteiger partial charge is 0.441 e. The fourth-order valence-electron chi connectivity index (χ4n) is 1.44. The van der Waals surface area contributed by atoms with E-state index in [-0.39, 0.29) is 13.0 Å². The average molecular weight is 260 g/mol. The molecule has 0 amide bonds. The van der Waals surface area contributed by atoms with E-state index in [0.717, 1.165) is 0 Å². The number of aromatic nitrogens is 1. The maximum absolute atomic E-state index is 11.8. The van der Waals surface area contributed by atoms with E-state index in [4.69, 9.17) is 10.2 Å². The number of rotatable bonds is 4. The lowest BCUT2D eigenvalue weighted by molar-refractivity contribution is -0.173. The van der Waals surface area contributed by atoms with E-state index in [9.17, 15) is 13.2 Å². The minimum Gasteiger partial charge on any atom is -0.441 e. The van der Waals surface area contributed by atoms with Gasteiger partial charge in [0.25, 0.3) is 0 Å². The van der Waals surface area contributed by atoms with E-state index in [1.807, 2.05) is 0 Å². The summed E-state index contributed by atoms with van der Waals surface area (Å²) in [6, 6.07) is 4.98. The molecule has 18 heavy (non-hydrogen) atoms. The molecule has 2 N–H and O–H groups in total. The van der Waals surface area contributed by atoms with Crippen LogP contribution in [0.2, 0.25) is 0 Å². The van der Waals surface area contributed by atoms with Gasteiger partial charge in [0.2, 0.25) is 0 Å². The Morgan fingerprint density at radius 3 is 2.83 bits per heavy atom. The third-order valence-corrected chi connectivity index (χ3v) is 2.18. The highest BCUT2D eigenvalue weighted by molar-refractivity contribution is 5.76. The van der Waals surface area contributed by atoms with Crippen LogP contribution in [0.1, 0.15) is 5.89 Å². The highest BCUT2D eigenvalue weighted by Gasteiger charge is 2.27. The molecular formula is C11H11F3N2O2. The van der Waals surface area contributed by atoms with Crippen molar-refractivity contribution in [3.05, 3.63) is 24.1 Å². The van der Waals surface area contributed by atoms with Crippen LogP contribution < -0.4 is 5.73 Å². The topological polar surface area (TPSA) is 61.3 Å². The van der Waals surface area contributed by atoms with Gasteiger partial charge in [-0.2, -0.15) is 13.2 Å². The first-order chi connectivity index (χ1) is 8.44. The third kappa shape index (κ3) is 3.36. The molecule has 0 saturated carbocycles. The summed E-state index contributed by atoms with van der Waals surface area (Å²) in [5.41, 5.74) is 7.24. The second-order valence-corrected chi connectivity index (χ2v) is 3.75. The van der Waals surface area contributed by atoms with Crippen LogP contribution in [0.15, 0.2) is 22.6 Å². The predicted molar refractivity (Wildman–Crippen MR) is 59.0 cm³/mol. The van der Waals surface area contributed by atoms with Crippen molar-refractivity contribution < 1.29 is 22.3 Å². The number of hydrogen-bond acceptors (Lipinski definition) is 4. The van der Waals surface area contributed by atoms with Crippen LogP contribution in [-0.4, -0.2) is 24.4 Å². The molecule has 98 valence electrons. The number of alkyl halides is 3. The van der Waals surface area contributed by atoms with Gasteiger partial charge in [0.15, 0.2) is 11.5 Å². The summed E-state index contributed by atoms with van der Waals surface area (Å²) >= 11 is 0. The van der Waals surface area contributed by atoms with Crippen molar-refractivity contribution in [2.24, 2.45) is 0 Å². The Morgan fingerprint density at radius 2 is 2.11 bits per heavy atom. The van der Waals surface area contributed by atoms with Crippen molar-refractivity contribution in [2.75, 3.05) is 18.9 Å². The molecule has 0 bridgehead atoms. The van der Waals surface area contributed by atoms with Crippen LogP contribution in [0.25, 0.3) is 11.1 Å². The van der Waals surface area contributed by atoms with E-state index >= 15 is 0 Å². The van der Waals surface area contributed by atoms with Gasteiger partial charge in [-0.15, -0.1) is 0 Å². The van der Waals surface area contributed by atoms with Gasteiger partial charge in [-0.25, -0.2) is 4.98 Å². The van der Waals surface area contributed by atoms with Crippen molar-refractivity contribution in [3.8, 4) is 0 Å². The molecule has 0 aliphatic carbocycles. The van der Waals surface area contributed by atoms with Crippen LogP contribution in [0.5, 0.6) is 0 Å². The minimum atomic E-state index is -4.31. The summed E-state index contributed by atoms with van der Waals surface area (Å²) in [4.78, 5) is 4.10. The highest BCUT2D eigenvalue weighted by atomic mass is 19.4. The lowest BCUT2D eigenvalue weighted by Gasteiger charge is -2.05. The number of nitrogens with zero attached hydrogens (tertiary/aromatic N) is 1. The molecule has 4 nitrogen and oxygen atoms in total.